The summed E-state index contributed by atoms with van der Waals surface area (Å²) in [6, 6.07) is 8.67. The van der Waals surface area contributed by atoms with Crippen molar-refractivity contribution in [3.63, 3.8) is 0 Å². The Bertz CT molecular complexity index is 551. The van der Waals surface area contributed by atoms with E-state index in [9.17, 15) is 9.18 Å². The highest BCUT2D eigenvalue weighted by molar-refractivity contribution is 5.91. The molecule has 0 aliphatic carbocycles. The Labute approximate surface area is 103 Å². The van der Waals surface area contributed by atoms with Crippen LogP contribution in [0.3, 0.4) is 0 Å². The number of halogens is 1. The van der Waals surface area contributed by atoms with Crippen molar-refractivity contribution in [1.29, 1.82) is 0 Å². The van der Waals surface area contributed by atoms with Gasteiger partial charge in [0.25, 0.3) is 11.9 Å². The molecule has 0 bridgehead atoms. The highest BCUT2D eigenvalue weighted by Gasteiger charge is 2.11. The van der Waals surface area contributed by atoms with Crippen molar-refractivity contribution in [2.75, 3.05) is 6.54 Å². The fourth-order valence-corrected chi connectivity index (χ4v) is 1.39. The third-order valence-corrected chi connectivity index (χ3v) is 2.16. The van der Waals surface area contributed by atoms with Gasteiger partial charge in [-0.25, -0.2) is 4.39 Å². The number of benzene rings is 1. The van der Waals surface area contributed by atoms with E-state index in [0.29, 0.717) is 12.3 Å². The van der Waals surface area contributed by atoms with Crippen LogP contribution in [0.2, 0.25) is 0 Å². The largest absolute Gasteiger partial charge is 0.426 e. The van der Waals surface area contributed by atoms with E-state index in [4.69, 9.17) is 9.15 Å². The molecule has 0 fully saturated rings. The molecule has 1 amide bonds. The summed E-state index contributed by atoms with van der Waals surface area (Å²) in [6.45, 7) is 2.32. The number of amides is 1. The molecular formula is C13H12FNO3. The zero-order chi connectivity index (χ0) is 13.0. The van der Waals surface area contributed by atoms with E-state index < -0.39 is 5.82 Å². The van der Waals surface area contributed by atoms with E-state index in [-0.39, 0.29) is 17.6 Å². The molecule has 1 N–H and O–H groups in total. The number of carbonyl (C=O) groups excluding carboxylic acids is 1. The van der Waals surface area contributed by atoms with Crippen LogP contribution in [0.15, 0.2) is 40.8 Å². The van der Waals surface area contributed by atoms with Gasteiger partial charge in [0.1, 0.15) is 11.6 Å². The molecule has 0 unspecified atom stereocenters. The maximum absolute atomic E-state index is 12.9. The van der Waals surface area contributed by atoms with Gasteiger partial charge in [-0.05, 0) is 25.1 Å². The van der Waals surface area contributed by atoms with Gasteiger partial charge in [0, 0.05) is 18.7 Å². The molecule has 2 aromatic rings. The summed E-state index contributed by atoms with van der Waals surface area (Å²) in [6.07, 6.45) is 0. The van der Waals surface area contributed by atoms with Crippen LogP contribution in [0.5, 0.6) is 11.7 Å². The second-order valence-corrected chi connectivity index (χ2v) is 3.54. The van der Waals surface area contributed by atoms with Gasteiger partial charge in [-0.2, -0.15) is 0 Å². The lowest BCUT2D eigenvalue weighted by Gasteiger charge is -2.01. The molecule has 0 spiro atoms. The molecule has 0 saturated heterocycles. The average molecular weight is 249 g/mol. The molecule has 18 heavy (non-hydrogen) atoms. The maximum atomic E-state index is 12.9. The van der Waals surface area contributed by atoms with Crippen LogP contribution in [-0.4, -0.2) is 12.5 Å². The van der Waals surface area contributed by atoms with Crippen molar-refractivity contribution in [3.8, 4) is 11.7 Å². The van der Waals surface area contributed by atoms with Crippen molar-refractivity contribution >= 4 is 5.91 Å². The number of ether oxygens (including phenoxy) is 1. The molecule has 1 aromatic carbocycles. The molecule has 2 rings (SSSR count). The van der Waals surface area contributed by atoms with Crippen LogP contribution in [0.4, 0.5) is 4.39 Å². The fraction of sp³-hybridized carbons (Fsp3) is 0.154. The van der Waals surface area contributed by atoms with Gasteiger partial charge in [-0.3, -0.25) is 4.79 Å². The lowest BCUT2D eigenvalue weighted by Crippen LogP contribution is -2.21. The smallest absolute Gasteiger partial charge is 0.290 e. The van der Waals surface area contributed by atoms with Crippen LogP contribution < -0.4 is 10.1 Å². The summed E-state index contributed by atoms with van der Waals surface area (Å²) in [7, 11) is 0. The molecular weight excluding hydrogens is 237 g/mol. The van der Waals surface area contributed by atoms with E-state index in [1.807, 2.05) is 6.92 Å². The Morgan fingerprint density at radius 3 is 2.94 bits per heavy atom. The van der Waals surface area contributed by atoms with E-state index in [0.717, 1.165) is 0 Å². The van der Waals surface area contributed by atoms with Gasteiger partial charge >= 0.3 is 0 Å². The first-order valence-corrected chi connectivity index (χ1v) is 5.50. The highest BCUT2D eigenvalue weighted by atomic mass is 19.1. The molecule has 0 aliphatic rings. The molecule has 4 nitrogen and oxygen atoms in total. The summed E-state index contributed by atoms with van der Waals surface area (Å²) in [4.78, 5) is 11.4. The van der Waals surface area contributed by atoms with Crippen LogP contribution in [0, 0.1) is 5.82 Å². The number of hydrogen-bond acceptors (Lipinski definition) is 3. The van der Waals surface area contributed by atoms with Crippen molar-refractivity contribution in [3.05, 3.63) is 48.0 Å². The molecule has 0 aliphatic heterocycles. The minimum Gasteiger partial charge on any atom is -0.426 e. The zero-order valence-corrected chi connectivity index (χ0v) is 9.77. The standard InChI is InChI=1S/C13H12FNO3/c1-2-15-13(16)11-6-7-12(18-11)17-10-5-3-4-9(14)8-10/h3-8H,2H2,1H3,(H,15,16). The third kappa shape index (κ3) is 2.88. The summed E-state index contributed by atoms with van der Waals surface area (Å²) < 4.78 is 23.4. The molecule has 5 heteroatoms. The highest BCUT2D eigenvalue weighted by Crippen LogP contribution is 2.24. The van der Waals surface area contributed by atoms with Crippen molar-refractivity contribution in [2.45, 2.75) is 6.92 Å². The number of furan rings is 1. The number of nitrogens with one attached hydrogen (secondary N) is 1. The number of carbonyl (C=O) groups is 1. The molecule has 0 radical (unpaired) electrons. The fourth-order valence-electron chi connectivity index (χ4n) is 1.39. The normalized spacial score (nSPS) is 10.1. The first kappa shape index (κ1) is 12.2. The molecule has 1 aromatic heterocycles. The summed E-state index contributed by atoms with van der Waals surface area (Å²) >= 11 is 0. The van der Waals surface area contributed by atoms with Crippen molar-refractivity contribution < 1.29 is 18.3 Å². The van der Waals surface area contributed by atoms with Crippen LogP contribution in [-0.2, 0) is 0 Å². The van der Waals surface area contributed by atoms with Gasteiger partial charge in [-0.15, -0.1) is 0 Å². The predicted molar refractivity (Wildman–Crippen MR) is 63.2 cm³/mol. The molecule has 94 valence electrons. The topological polar surface area (TPSA) is 51.5 Å². The molecule has 1 heterocycles. The van der Waals surface area contributed by atoms with Crippen LogP contribution in [0.1, 0.15) is 17.5 Å². The number of rotatable bonds is 4. The predicted octanol–water partition coefficient (Wildman–Crippen LogP) is 2.96. The lowest BCUT2D eigenvalue weighted by atomic mass is 10.3. The lowest BCUT2D eigenvalue weighted by molar-refractivity contribution is 0.0923. The van der Waals surface area contributed by atoms with Gasteiger partial charge in [0.05, 0.1) is 0 Å². The van der Waals surface area contributed by atoms with E-state index >= 15 is 0 Å². The van der Waals surface area contributed by atoms with E-state index in [1.54, 1.807) is 6.07 Å². The van der Waals surface area contributed by atoms with E-state index in [2.05, 4.69) is 5.32 Å². The Kier molecular flexibility index (Phi) is 3.62. The van der Waals surface area contributed by atoms with Crippen molar-refractivity contribution in [1.82, 2.24) is 5.32 Å². The molecule has 0 saturated carbocycles. The first-order valence-electron chi connectivity index (χ1n) is 5.50. The Hall–Kier alpha value is -2.30. The maximum Gasteiger partial charge on any atom is 0.290 e. The van der Waals surface area contributed by atoms with E-state index in [1.165, 1.54) is 30.3 Å². The quantitative estimate of drug-likeness (QED) is 0.906. The second-order valence-electron chi connectivity index (χ2n) is 3.54. The van der Waals surface area contributed by atoms with Gasteiger partial charge in [0.2, 0.25) is 0 Å². The zero-order valence-electron chi connectivity index (χ0n) is 9.77. The summed E-state index contributed by atoms with van der Waals surface area (Å²) in [5, 5.41) is 2.60. The second kappa shape index (κ2) is 5.35. The Morgan fingerprint density at radius 1 is 1.39 bits per heavy atom. The first-order chi connectivity index (χ1) is 8.69. The summed E-state index contributed by atoms with van der Waals surface area (Å²) in [5.41, 5.74) is 0. The Morgan fingerprint density at radius 2 is 2.22 bits per heavy atom. The Balaban J connectivity index is 2.09. The van der Waals surface area contributed by atoms with Crippen molar-refractivity contribution in [2.24, 2.45) is 0 Å². The number of hydrogen-bond donors (Lipinski definition) is 1. The van der Waals surface area contributed by atoms with Gasteiger partial charge < -0.3 is 14.5 Å². The third-order valence-electron chi connectivity index (χ3n) is 2.16. The van der Waals surface area contributed by atoms with Crippen LogP contribution >= 0.6 is 0 Å². The minimum atomic E-state index is -0.400. The summed E-state index contributed by atoms with van der Waals surface area (Å²) in [5.74, 6) is -0.105. The van der Waals surface area contributed by atoms with Gasteiger partial charge in [-0.1, -0.05) is 6.07 Å². The van der Waals surface area contributed by atoms with Gasteiger partial charge in [0.15, 0.2) is 5.76 Å². The SMILES string of the molecule is CCNC(=O)c1ccc(Oc2cccc(F)c2)o1. The molecule has 0 atom stereocenters. The minimum absolute atomic E-state index is 0.141. The monoisotopic (exact) mass is 249 g/mol. The average Bonchev–Trinajstić information content (AvgIpc) is 2.78. The van der Waals surface area contributed by atoms with Crippen LogP contribution in [0.25, 0.3) is 0 Å².